The average molecular weight is 461 g/mol. The Morgan fingerprint density at radius 2 is 2.12 bits per heavy atom. The molecule has 0 unspecified atom stereocenters. The molecule has 0 radical (unpaired) electrons. The van der Waals surface area contributed by atoms with Gasteiger partial charge in [0.25, 0.3) is 0 Å². The van der Waals surface area contributed by atoms with Crippen LogP contribution in [0.5, 0.6) is 0 Å². The molecule has 1 fully saturated rings. The summed E-state index contributed by atoms with van der Waals surface area (Å²) in [5, 5.41) is 8.08. The van der Waals surface area contributed by atoms with Crippen LogP contribution >= 0.6 is 11.6 Å². The van der Waals surface area contributed by atoms with Crippen molar-refractivity contribution in [2.24, 2.45) is 11.3 Å². The lowest BCUT2D eigenvalue weighted by atomic mass is 9.85. The van der Waals surface area contributed by atoms with E-state index in [0.29, 0.717) is 36.4 Å². The highest BCUT2D eigenvalue weighted by atomic mass is 35.5. The van der Waals surface area contributed by atoms with Crippen molar-refractivity contribution in [1.82, 2.24) is 14.8 Å². The van der Waals surface area contributed by atoms with Crippen LogP contribution in [0.2, 0.25) is 5.02 Å². The number of ether oxygens (including phenoxy) is 2. The smallest absolute Gasteiger partial charge is 0.225 e. The van der Waals surface area contributed by atoms with Gasteiger partial charge in [0.05, 0.1) is 30.5 Å². The number of carbonyl (C=O) groups excluding carboxylic acids is 1. The van der Waals surface area contributed by atoms with E-state index in [9.17, 15) is 4.79 Å². The zero-order chi connectivity index (χ0) is 22.7. The van der Waals surface area contributed by atoms with Crippen molar-refractivity contribution in [2.75, 3.05) is 25.6 Å². The molecule has 1 amide bonds. The van der Waals surface area contributed by atoms with E-state index in [0.717, 1.165) is 49.8 Å². The standard InChI is InChI=1S/C24H33ClN4O3/c1-24(2)12-21-19(13-27-29(21)15-24)18-11-22(26-14-20(18)25)28-23(30)10-16-5-4-6-17(9-16)32-8-7-31-3/h11,13-14,16-17H,4-10,12,15H2,1-3H3,(H,26,28,30)/t16-,17+/m1/s1. The lowest BCUT2D eigenvalue weighted by Gasteiger charge is -2.28. The minimum atomic E-state index is -0.0188. The van der Waals surface area contributed by atoms with E-state index in [1.165, 1.54) is 5.69 Å². The van der Waals surface area contributed by atoms with Gasteiger partial charge in [-0.1, -0.05) is 31.9 Å². The Hall–Kier alpha value is -1.96. The molecule has 32 heavy (non-hydrogen) atoms. The molecule has 2 atom stereocenters. The van der Waals surface area contributed by atoms with Gasteiger partial charge in [0.1, 0.15) is 5.82 Å². The highest BCUT2D eigenvalue weighted by molar-refractivity contribution is 6.33. The molecule has 7 nitrogen and oxygen atoms in total. The molecule has 174 valence electrons. The van der Waals surface area contributed by atoms with Gasteiger partial charge >= 0.3 is 0 Å². The summed E-state index contributed by atoms with van der Waals surface area (Å²) < 4.78 is 13.0. The molecule has 1 saturated carbocycles. The van der Waals surface area contributed by atoms with Gasteiger partial charge in [-0.2, -0.15) is 5.10 Å². The van der Waals surface area contributed by atoms with E-state index in [2.05, 4.69) is 33.9 Å². The van der Waals surface area contributed by atoms with Gasteiger partial charge in [0, 0.05) is 43.1 Å². The first-order valence-electron chi connectivity index (χ1n) is 11.5. The molecule has 2 aliphatic rings. The zero-order valence-electron chi connectivity index (χ0n) is 19.2. The Bertz CT molecular complexity index is 959. The molecule has 2 aromatic rings. The summed E-state index contributed by atoms with van der Waals surface area (Å²) in [5.74, 6) is 0.828. The summed E-state index contributed by atoms with van der Waals surface area (Å²) in [6, 6.07) is 1.86. The molecule has 4 rings (SSSR count). The molecule has 0 spiro atoms. The van der Waals surface area contributed by atoms with Crippen LogP contribution in [-0.2, 0) is 27.2 Å². The Morgan fingerprint density at radius 3 is 2.94 bits per heavy atom. The van der Waals surface area contributed by atoms with Crippen molar-refractivity contribution >= 4 is 23.3 Å². The largest absolute Gasteiger partial charge is 0.382 e. The second-order valence-electron chi connectivity index (χ2n) is 9.82. The number of fused-ring (bicyclic) bond motifs is 1. The quantitative estimate of drug-likeness (QED) is 0.576. The highest BCUT2D eigenvalue weighted by Gasteiger charge is 2.32. The first-order chi connectivity index (χ1) is 15.3. The third-order valence-electron chi connectivity index (χ3n) is 6.44. The first kappa shape index (κ1) is 23.2. The number of hydrogen-bond acceptors (Lipinski definition) is 5. The molecular formula is C24H33ClN4O3. The summed E-state index contributed by atoms with van der Waals surface area (Å²) in [4.78, 5) is 17.1. The number of nitrogens with zero attached hydrogens (tertiary/aromatic N) is 3. The number of rotatable bonds is 8. The number of nitrogens with one attached hydrogen (secondary N) is 1. The van der Waals surface area contributed by atoms with Crippen LogP contribution in [0.1, 0.15) is 51.6 Å². The molecule has 1 aliphatic carbocycles. The fraction of sp³-hybridized carbons (Fsp3) is 0.625. The normalized spacial score (nSPS) is 22.0. The number of anilines is 1. The van der Waals surface area contributed by atoms with Crippen LogP contribution in [0.4, 0.5) is 5.82 Å². The highest BCUT2D eigenvalue weighted by Crippen LogP contribution is 2.39. The first-order valence-corrected chi connectivity index (χ1v) is 11.8. The molecule has 8 heteroatoms. The van der Waals surface area contributed by atoms with Gasteiger partial charge in [0.15, 0.2) is 0 Å². The molecule has 0 bridgehead atoms. The van der Waals surface area contributed by atoms with Crippen LogP contribution in [0.3, 0.4) is 0 Å². The average Bonchev–Trinajstić information content (AvgIpc) is 3.25. The molecule has 3 heterocycles. The van der Waals surface area contributed by atoms with Crippen molar-refractivity contribution in [3.05, 3.63) is 29.2 Å². The van der Waals surface area contributed by atoms with E-state index < -0.39 is 0 Å². The second kappa shape index (κ2) is 9.89. The number of methoxy groups -OCH3 is 1. The third-order valence-corrected chi connectivity index (χ3v) is 6.74. The third kappa shape index (κ3) is 5.50. The van der Waals surface area contributed by atoms with E-state index in [-0.39, 0.29) is 17.4 Å². The second-order valence-corrected chi connectivity index (χ2v) is 10.2. The number of pyridine rings is 1. The minimum Gasteiger partial charge on any atom is -0.382 e. The van der Waals surface area contributed by atoms with Gasteiger partial charge in [-0.25, -0.2) is 4.98 Å². The van der Waals surface area contributed by atoms with Gasteiger partial charge in [-0.05, 0) is 43.1 Å². The van der Waals surface area contributed by atoms with Crippen molar-refractivity contribution in [3.8, 4) is 11.1 Å². The van der Waals surface area contributed by atoms with Gasteiger partial charge in [0.2, 0.25) is 5.91 Å². The van der Waals surface area contributed by atoms with Crippen LogP contribution in [0.15, 0.2) is 18.5 Å². The molecule has 1 aliphatic heterocycles. The van der Waals surface area contributed by atoms with Crippen LogP contribution in [-0.4, -0.2) is 47.1 Å². The summed E-state index contributed by atoms with van der Waals surface area (Å²) >= 11 is 6.49. The van der Waals surface area contributed by atoms with Gasteiger partial charge in [-0.15, -0.1) is 0 Å². The molecule has 0 saturated heterocycles. The predicted octanol–water partition coefficient (Wildman–Crippen LogP) is 4.73. The molecule has 0 aromatic carbocycles. The Morgan fingerprint density at radius 1 is 1.28 bits per heavy atom. The van der Waals surface area contributed by atoms with Crippen molar-refractivity contribution < 1.29 is 14.3 Å². The summed E-state index contributed by atoms with van der Waals surface area (Å²) in [6.07, 6.45) is 9.20. The van der Waals surface area contributed by atoms with E-state index in [1.807, 2.05) is 12.3 Å². The SMILES string of the molecule is COCCO[C@H]1CCC[C@@H](CC(=O)Nc2cc(-c3cnn4c3CC(C)(C)C4)c(Cl)cn2)C1. The Kier molecular flexibility index (Phi) is 7.17. The van der Waals surface area contributed by atoms with Crippen molar-refractivity contribution in [2.45, 2.75) is 65.0 Å². The topological polar surface area (TPSA) is 78.3 Å². The number of aromatic nitrogens is 3. The lowest BCUT2D eigenvalue weighted by molar-refractivity contribution is -0.117. The van der Waals surface area contributed by atoms with Gasteiger partial charge in [-0.3, -0.25) is 9.48 Å². The van der Waals surface area contributed by atoms with Crippen LogP contribution < -0.4 is 5.32 Å². The summed E-state index contributed by atoms with van der Waals surface area (Å²) in [7, 11) is 1.68. The summed E-state index contributed by atoms with van der Waals surface area (Å²) in [5.41, 5.74) is 3.24. The van der Waals surface area contributed by atoms with Gasteiger partial charge < -0.3 is 14.8 Å². The van der Waals surface area contributed by atoms with Crippen molar-refractivity contribution in [1.29, 1.82) is 0 Å². The van der Waals surface area contributed by atoms with E-state index in [4.69, 9.17) is 21.1 Å². The lowest BCUT2D eigenvalue weighted by Crippen LogP contribution is -2.27. The monoisotopic (exact) mass is 460 g/mol. The number of amides is 1. The van der Waals surface area contributed by atoms with E-state index in [1.54, 1.807) is 13.3 Å². The molecular weight excluding hydrogens is 428 g/mol. The maximum atomic E-state index is 12.7. The van der Waals surface area contributed by atoms with Crippen LogP contribution in [0.25, 0.3) is 11.1 Å². The van der Waals surface area contributed by atoms with Crippen LogP contribution in [0, 0.1) is 11.3 Å². The maximum absolute atomic E-state index is 12.7. The Labute approximate surface area is 194 Å². The fourth-order valence-corrected chi connectivity index (χ4v) is 5.12. The minimum absolute atomic E-state index is 0.0188. The fourth-order valence-electron chi connectivity index (χ4n) is 4.92. The predicted molar refractivity (Wildman–Crippen MR) is 125 cm³/mol. The molecule has 2 aromatic heterocycles. The molecule has 1 N–H and O–H groups in total. The maximum Gasteiger partial charge on any atom is 0.225 e. The van der Waals surface area contributed by atoms with Crippen molar-refractivity contribution in [3.63, 3.8) is 0 Å². The zero-order valence-corrected chi connectivity index (χ0v) is 20.0. The number of hydrogen-bond donors (Lipinski definition) is 1. The number of carbonyl (C=O) groups is 1. The van der Waals surface area contributed by atoms with E-state index >= 15 is 0 Å². The Balaban J connectivity index is 1.39. The summed E-state index contributed by atoms with van der Waals surface area (Å²) in [6.45, 7) is 6.58. The number of halogens is 1.